The molecule has 0 aliphatic carbocycles. The fraction of sp³-hybridized carbons (Fsp3) is 0. The molecule has 1 heterocycles. The molecule has 2 aromatic rings. The van der Waals surface area contributed by atoms with E-state index in [0.29, 0.717) is 5.52 Å². The molecule has 1 aromatic carbocycles. The normalized spacial score (nSPS) is 11.4. The molecule has 7 heteroatoms. The zero-order valence-corrected chi connectivity index (χ0v) is 10.6. The zero-order chi connectivity index (χ0) is 9.47. The van der Waals surface area contributed by atoms with Gasteiger partial charge in [-0.2, -0.15) is 5.10 Å². The van der Waals surface area contributed by atoms with Crippen LogP contribution >= 0.6 is 0 Å². The number of H-pyrrole nitrogens is 1. The predicted molar refractivity (Wildman–Crippen MR) is 44.8 cm³/mol. The van der Waals surface area contributed by atoms with Crippen molar-refractivity contribution in [3.8, 4) is 0 Å². The van der Waals surface area contributed by atoms with Gasteiger partial charge in [0.15, 0.2) is 0 Å². The number of hydrogen-bond donors (Lipinski definition) is 1. The van der Waals surface area contributed by atoms with Crippen LogP contribution in [0.15, 0.2) is 24.3 Å². The number of para-hydroxylation sites is 1. The largest absolute Gasteiger partial charge is 1.00 e. The zero-order valence-electron chi connectivity index (χ0n) is 7.47. The molecule has 0 fully saturated rings. The first kappa shape index (κ1) is 12.3. The van der Waals surface area contributed by atoms with Gasteiger partial charge in [-0.15, -0.1) is 0 Å². The molecule has 68 valence electrons. The Balaban J connectivity index is 0.000000980. The molecule has 0 unspecified atom stereocenters. The molecule has 0 aliphatic heterocycles. The van der Waals surface area contributed by atoms with Crippen LogP contribution in [-0.2, 0) is 0 Å². The summed E-state index contributed by atoms with van der Waals surface area (Å²) in [5.74, 6) is 0. The van der Waals surface area contributed by atoms with E-state index in [-0.39, 0.29) is 56.8 Å². The van der Waals surface area contributed by atoms with E-state index < -0.39 is 12.6 Å². The molecule has 14 heavy (non-hydrogen) atoms. The molecule has 0 radical (unpaired) electrons. The molecule has 0 aliphatic rings. The second kappa shape index (κ2) is 4.36. The maximum atomic E-state index is 12.3. The van der Waals surface area contributed by atoms with Crippen molar-refractivity contribution in [1.82, 2.24) is 10.2 Å². The molecular weight excluding hydrogens is 219 g/mol. The number of aromatic nitrogens is 2. The van der Waals surface area contributed by atoms with Crippen molar-refractivity contribution in [2.45, 2.75) is 0 Å². The van der Waals surface area contributed by atoms with Gasteiger partial charge < -0.3 is 18.0 Å². The van der Waals surface area contributed by atoms with Crippen LogP contribution in [-0.4, -0.2) is 17.2 Å². The van der Waals surface area contributed by atoms with Gasteiger partial charge in [0.2, 0.25) is 0 Å². The number of nitrogens with zero attached hydrogens (tertiary/aromatic N) is 1. The van der Waals surface area contributed by atoms with E-state index in [9.17, 15) is 12.9 Å². The summed E-state index contributed by atoms with van der Waals surface area (Å²) in [5.41, 5.74) is -0.382. The Morgan fingerprint density at radius 1 is 1.14 bits per heavy atom. The van der Waals surface area contributed by atoms with Gasteiger partial charge in [0.25, 0.3) is 0 Å². The first-order chi connectivity index (χ1) is 6.09. The number of hydrogen-bond acceptors (Lipinski definition) is 1. The summed E-state index contributed by atoms with van der Waals surface area (Å²) in [6.07, 6.45) is 0. The third-order valence-electron chi connectivity index (χ3n) is 1.82. The van der Waals surface area contributed by atoms with Crippen LogP contribution in [0.2, 0.25) is 0 Å². The number of nitrogens with one attached hydrogen (secondary N) is 1. The number of rotatable bonds is 1. The number of halogens is 3. The quantitative estimate of drug-likeness (QED) is 0.594. The van der Waals surface area contributed by atoms with Crippen LogP contribution in [0.3, 0.4) is 0 Å². The molecule has 0 bridgehead atoms. The van der Waals surface area contributed by atoms with Gasteiger partial charge in [-0.1, -0.05) is 18.2 Å². The summed E-state index contributed by atoms with van der Waals surface area (Å²) in [7, 11) is 0. The number of benzene rings is 1. The van der Waals surface area contributed by atoms with E-state index in [0.717, 1.165) is 0 Å². The van der Waals surface area contributed by atoms with Crippen LogP contribution in [0.5, 0.6) is 0 Å². The van der Waals surface area contributed by atoms with Crippen LogP contribution in [0.25, 0.3) is 10.9 Å². The summed E-state index contributed by atoms with van der Waals surface area (Å²) in [4.78, 5) is 0. The molecule has 2 nitrogen and oxygen atoms in total. The van der Waals surface area contributed by atoms with Crippen LogP contribution < -0.4 is 57.0 Å². The van der Waals surface area contributed by atoms with Crippen molar-refractivity contribution in [3.05, 3.63) is 24.3 Å². The van der Waals surface area contributed by atoms with Crippen LogP contribution in [0.4, 0.5) is 12.9 Å². The summed E-state index contributed by atoms with van der Waals surface area (Å²) in [6, 6.07) is 6.15. The van der Waals surface area contributed by atoms with Gasteiger partial charge in [-0.05, 0) is 17.0 Å². The Morgan fingerprint density at radius 3 is 2.43 bits per heavy atom. The number of aromatic amines is 1. The average molecular weight is 224 g/mol. The molecule has 1 N–H and O–H groups in total. The molecule has 0 saturated carbocycles. The maximum absolute atomic E-state index is 12.3. The second-order valence-electron chi connectivity index (χ2n) is 2.73. The molecule has 0 atom stereocenters. The average Bonchev–Trinajstić information content (AvgIpc) is 2.45. The summed E-state index contributed by atoms with van der Waals surface area (Å²) in [5, 5.41) is 5.70. The first-order valence-corrected chi connectivity index (χ1v) is 3.72. The van der Waals surface area contributed by atoms with Crippen LogP contribution in [0.1, 0.15) is 0 Å². The van der Waals surface area contributed by atoms with E-state index >= 15 is 0 Å². The van der Waals surface area contributed by atoms with Gasteiger partial charge in [0.1, 0.15) is 0 Å². The summed E-state index contributed by atoms with van der Waals surface area (Å²) >= 11 is 0. The Kier molecular flexibility index (Phi) is 3.82. The smallest absolute Gasteiger partial charge is 0.444 e. The van der Waals surface area contributed by atoms with Crippen molar-refractivity contribution < 1.29 is 64.3 Å². The maximum Gasteiger partial charge on any atom is 1.00 e. The van der Waals surface area contributed by atoms with Gasteiger partial charge in [0, 0.05) is 0 Å². The first-order valence-electron chi connectivity index (χ1n) is 3.72. The Hall–Kier alpha value is 0.181. The Morgan fingerprint density at radius 2 is 1.79 bits per heavy atom. The van der Waals surface area contributed by atoms with Crippen molar-refractivity contribution >= 4 is 23.5 Å². The SMILES string of the molecule is F[B-](F)(F)c1[nH]nc2ccccc12.[K+]. The third kappa shape index (κ3) is 2.22. The molecule has 2 rings (SSSR count). The minimum absolute atomic E-state index is 0. The van der Waals surface area contributed by atoms with Crippen molar-refractivity contribution in [2.75, 3.05) is 0 Å². The molecule has 1 aromatic heterocycles. The van der Waals surface area contributed by atoms with Gasteiger partial charge in [0.05, 0.1) is 5.52 Å². The van der Waals surface area contributed by atoms with Gasteiger partial charge in [-0.25, -0.2) is 0 Å². The monoisotopic (exact) mass is 224 g/mol. The molecular formula is C7H5BF3KN2. The van der Waals surface area contributed by atoms with E-state index in [1.807, 2.05) is 5.10 Å². The van der Waals surface area contributed by atoms with Gasteiger partial charge >= 0.3 is 58.4 Å². The van der Waals surface area contributed by atoms with Crippen LogP contribution in [0, 0.1) is 0 Å². The Bertz CT molecular complexity index is 440. The van der Waals surface area contributed by atoms with E-state index in [2.05, 4.69) is 5.10 Å². The standard InChI is InChI=1S/C7H5BF3N2.K/c9-8(10,11)7-5-3-1-2-4-6(5)12-13-7;/h1-4H,(H,12,13);/q-1;+1. The fourth-order valence-corrected chi connectivity index (χ4v) is 1.23. The topological polar surface area (TPSA) is 28.7 Å². The van der Waals surface area contributed by atoms with Crippen molar-refractivity contribution in [2.24, 2.45) is 0 Å². The van der Waals surface area contributed by atoms with Gasteiger partial charge in [-0.3, -0.25) is 0 Å². The molecule has 0 amide bonds. The van der Waals surface area contributed by atoms with E-state index in [1.165, 1.54) is 12.1 Å². The summed E-state index contributed by atoms with van der Waals surface area (Å²) in [6.45, 7) is -4.99. The minimum Gasteiger partial charge on any atom is -0.444 e. The van der Waals surface area contributed by atoms with Crippen molar-refractivity contribution in [1.29, 1.82) is 0 Å². The second-order valence-corrected chi connectivity index (χ2v) is 2.73. The van der Waals surface area contributed by atoms with Crippen molar-refractivity contribution in [3.63, 3.8) is 0 Å². The number of fused-ring (bicyclic) bond motifs is 1. The van der Waals surface area contributed by atoms with E-state index in [1.54, 1.807) is 12.1 Å². The van der Waals surface area contributed by atoms with E-state index in [4.69, 9.17) is 0 Å². The Labute approximate surface area is 121 Å². The molecule has 0 spiro atoms. The summed E-state index contributed by atoms with van der Waals surface area (Å²) < 4.78 is 37.0. The minimum atomic E-state index is -4.99. The fourth-order valence-electron chi connectivity index (χ4n) is 1.23. The third-order valence-corrected chi connectivity index (χ3v) is 1.82. The predicted octanol–water partition coefficient (Wildman–Crippen LogP) is -1.38. The molecule has 0 saturated heterocycles.